The van der Waals surface area contributed by atoms with E-state index >= 15 is 0 Å². The van der Waals surface area contributed by atoms with Crippen molar-refractivity contribution in [3.8, 4) is 11.5 Å². The Labute approximate surface area is 149 Å². The third kappa shape index (κ3) is 4.14. The fourth-order valence-electron chi connectivity index (χ4n) is 2.81. The van der Waals surface area contributed by atoms with Crippen molar-refractivity contribution in [3.63, 3.8) is 0 Å². The summed E-state index contributed by atoms with van der Waals surface area (Å²) in [6.07, 6.45) is 1.67. The van der Waals surface area contributed by atoms with E-state index in [1.807, 2.05) is 38.1 Å². The topological polar surface area (TPSA) is 64.6 Å². The quantitative estimate of drug-likeness (QED) is 0.888. The van der Waals surface area contributed by atoms with Gasteiger partial charge in [0.2, 0.25) is 10.0 Å². The smallest absolute Gasteiger partial charge is 0.240 e. The second-order valence-electron chi connectivity index (χ2n) is 6.80. The molecule has 3 rings (SSSR count). The highest BCUT2D eigenvalue weighted by atomic mass is 32.2. The van der Waals surface area contributed by atoms with Gasteiger partial charge in [0.1, 0.15) is 17.1 Å². The zero-order chi connectivity index (χ0) is 18.1. The van der Waals surface area contributed by atoms with Crippen molar-refractivity contribution < 1.29 is 17.9 Å². The summed E-state index contributed by atoms with van der Waals surface area (Å²) in [5.41, 5.74) is 1.60. The summed E-state index contributed by atoms with van der Waals surface area (Å²) in [6, 6.07) is 12.3. The van der Waals surface area contributed by atoms with Crippen LogP contribution in [0.1, 0.15) is 31.4 Å². The summed E-state index contributed by atoms with van der Waals surface area (Å²) in [5, 5.41) is 0. The van der Waals surface area contributed by atoms with Crippen molar-refractivity contribution in [2.75, 3.05) is 7.11 Å². The molecule has 1 aliphatic heterocycles. The van der Waals surface area contributed by atoms with Gasteiger partial charge in [0.05, 0.1) is 12.0 Å². The molecular formula is C19H23NO4S. The van der Waals surface area contributed by atoms with Crippen molar-refractivity contribution in [2.24, 2.45) is 0 Å². The first-order valence-electron chi connectivity index (χ1n) is 8.24. The number of benzene rings is 2. The second kappa shape index (κ2) is 6.69. The van der Waals surface area contributed by atoms with Gasteiger partial charge in [-0.3, -0.25) is 0 Å². The molecule has 0 aliphatic carbocycles. The Bertz CT molecular complexity index is 857. The molecule has 25 heavy (non-hydrogen) atoms. The van der Waals surface area contributed by atoms with Gasteiger partial charge < -0.3 is 9.47 Å². The minimum absolute atomic E-state index is 0.208. The third-order valence-corrected chi connectivity index (χ3v) is 5.75. The van der Waals surface area contributed by atoms with Gasteiger partial charge in [-0.2, -0.15) is 0 Å². The first-order chi connectivity index (χ1) is 11.8. The lowest BCUT2D eigenvalue weighted by atomic mass is 9.94. The van der Waals surface area contributed by atoms with Crippen LogP contribution < -0.4 is 14.2 Å². The van der Waals surface area contributed by atoms with Gasteiger partial charge in [0.25, 0.3) is 0 Å². The molecule has 0 saturated carbocycles. The summed E-state index contributed by atoms with van der Waals surface area (Å²) in [4.78, 5) is 0.267. The van der Waals surface area contributed by atoms with E-state index in [1.165, 1.54) is 0 Å². The van der Waals surface area contributed by atoms with Crippen molar-refractivity contribution in [1.29, 1.82) is 0 Å². The highest BCUT2D eigenvalue weighted by molar-refractivity contribution is 7.89. The van der Waals surface area contributed by atoms with Crippen LogP contribution in [-0.2, 0) is 23.0 Å². The SMILES string of the molecule is COc1ccc(CNS(=O)(=O)c2ccc3c(c2)CCC(C)(C)O3)cc1. The molecule has 134 valence electrons. The van der Waals surface area contributed by atoms with Crippen LogP contribution in [0.5, 0.6) is 11.5 Å². The first-order valence-corrected chi connectivity index (χ1v) is 9.72. The van der Waals surface area contributed by atoms with E-state index in [1.54, 1.807) is 25.3 Å². The number of ether oxygens (including phenoxy) is 2. The van der Waals surface area contributed by atoms with Crippen molar-refractivity contribution in [2.45, 2.75) is 43.7 Å². The van der Waals surface area contributed by atoms with E-state index in [0.29, 0.717) is 0 Å². The van der Waals surface area contributed by atoms with Crippen LogP contribution in [0, 0.1) is 0 Å². The van der Waals surface area contributed by atoms with E-state index in [0.717, 1.165) is 35.5 Å². The molecule has 1 heterocycles. The number of sulfonamides is 1. The molecule has 0 unspecified atom stereocenters. The molecule has 0 aromatic heterocycles. The van der Waals surface area contributed by atoms with Crippen molar-refractivity contribution in [1.82, 2.24) is 4.72 Å². The van der Waals surface area contributed by atoms with Crippen molar-refractivity contribution in [3.05, 3.63) is 53.6 Å². The molecule has 0 amide bonds. The summed E-state index contributed by atoms with van der Waals surface area (Å²) in [7, 11) is -1.98. The predicted molar refractivity (Wildman–Crippen MR) is 96.5 cm³/mol. The number of hydrogen-bond donors (Lipinski definition) is 1. The Morgan fingerprint density at radius 2 is 1.88 bits per heavy atom. The molecule has 6 heteroatoms. The molecule has 0 spiro atoms. The molecule has 0 radical (unpaired) electrons. The van der Waals surface area contributed by atoms with Crippen LogP contribution in [-0.4, -0.2) is 21.1 Å². The number of hydrogen-bond acceptors (Lipinski definition) is 4. The zero-order valence-corrected chi connectivity index (χ0v) is 15.5. The molecule has 2 aromatic rings. The molecule has 0 atom stereocenters. The minimum atomic E-state index is -3.57. The highest BCUT2D eigenvalue weighted by Gasteiger charge is 2.27. The molecule has 2 aromatic carbocycles. The van der Waals surface area contributed by atoms with Gasteiger partial charge in [-0.15, -0.1) is 0 Å². The Hall–Kier alpha value is -2.05. The lowest BCUT2D eigenvalue weighted by molar-refractivity contribution is 0.0845. The van der Waals surface area contributed by atoms with E-state index in [-0.39, 0.29) is 17.0 Å². The predicted octanol–water partition coefficient (Wildman–Crippen LogP) is 3.28. The molecule has 1 aliphatic rings. The molecule has 0 saturated heterocycles. The van der Waals surface area contributed by atoms with Crippen molar-refractivity contribution >= 4 is 10.0 Å². The van der Waals surface area contributed by atoms with Crippen LogP contribution >= 0.6 is 0 Å². The average molecular weight is 361 g/mol. The molecule has 1 N–H and O–H groups in total. The Morgan fingerprint density at radius 3 is 2.56 bits per heavy atom. The lowest BCUT2D eigenvalue weighted by Crippen LogP contribution is -2.32. The third-order valence-electron chi connectivity index (χ3n) is 4.35. The summed E-state index contributed by atoms with van der Waals surface area (Å²) in [6.45, 7) is 4.31. The minimum Gasteiger partial charge on any atom is -0.497 e. The molecule has 0 fully saturated rings. The number of fused-ring (bicyclic) bond motifs is 1. The maximum atomic E-state index is 12.6. The number of methoxy groups -OCH3 is 1. The van der Waals surface area contributed by atoms with Gasteiger partial charge in [-0.25, -0.2) is 13.1 Å². The number of aryl methyl sites for hydroxylation is 1. The summed E-state index contributed by atoms with van der Waals surface area (Å²) >= 11 is 0. The van der Waals surface area contributed by atoms with Gasteiger partial charge >= 0.3 is 0 Å². The van der Waals surface area contributed by atoms with Crippen LogP contribution in [0.25, 0.3) is 0 Å². The van der Waals surface area contributed by atoms with E-state index < -0.39 is 10.0 Å². The normalized spacial score (nSPS) is 16.0. The van der Waals surface area contributed by atoms with Crippen LogP contribution in [0.4, 0.5) is 0 Å². The fourth-order valence-corrected chi connectivity index (χ4v) is 3.88. The largest absolute Gasteiger partial charge is 0.497 e. The fraction of sp³-hybridized carbons (Fsp3) is 0.368. The first kappa shape index (κ1) is 17.8. The standard InChI is InChI=1S/C19H23NO4S/c1-19(2)11-10-15-12-17(8-9-18(15)24-19)25(21,22)20-13-14-4-6-16(23-3)7-5-14/h4-9,12,20H,10-11,13H2,1-3H3. The number of nitrogens with one attached hydrogen (secondary N) is 1. The Morgan fingerprint density at radius 1 is 1.16 bits per heavy atom. The average Bonchev–Trinajstić information content (AvgIpc) is 2.59. The highest BCUT2D eigenvalue weighted by Crippen LogP contribution is 2.34. The molecule has 0 bridgehead atoms. The van der Waals surface area contributed by atoms with E-state index in [4.69, 9.17) is 9.47 Å². The number of rotatable bonds is 5. The van der Waals surface area contributed by atoms with Gasteiger partial charge in [0.15, 0.2) is 0 Å². The second-order valence-corrected chi connectivity index (χ2v) is 8.57. The zero-order valence-electron chi connectivity index (χ0n) is 14.7. The van der Waals surface area contributed by atoms with Gasteiger partial charge in [-0.05, 0) is 68.1 Å². The summed E-state index contributed by atoms with van der Waals surface area (Å²) in [5.74, 6) is 1.51. The van der Waals surface area contributed by atoms with Crippen LogP contribution in [0.2, 0.25) is 0 Å². The molecule has 5 nitrogen and oxygen atoms in total. The lowest BCUT2D eigenvalue weighted by Gasteiger charge is -2.32. The van der Waals surface area contributed by atoms with Crippen LogP contribution in [0.3, 0.4) is 0 Å². The molecular weight excluding hydrogens is 338 g/mol. The van der Waals surface area contributed by atoms with Crippen LogP contribution in [0.15, 0.2) is 47.4 Å². The summed E-state index contributed by atoms with van der Waals surface area (Å²) < 4.78 is 38.8. The monoisotopic (exact) mass is 361 g/mol. The Kier molecular flexibility index (Phi) is 4.75. The Balaban J connectivity index is 1.74. The van der Waals surface area contributed by atoms with Gasteiger partial charge in [-0.1, -0.05) is 12.1 Å². The maximum Gasteiger partial charge on any atom is 0.240 e. The maximum absolute atomic E-state index is 12.6. The van der Waals surface area contributed by atoms with Gasteiger partial charge in [0, 0.05) is 6.54 Å². The van der Waals surface area contributed by atoms with E-state index in [2.05, 4.69) is 4.72 Å². The van der Waals surface area contributed by atoms with E-state index in [9.17, 15) is 8.42 Å².